The fourth-order valence-electron chi connectivity index (χ4n) is 4.21. The van der Waals surface area contributed by atoms with Crippen LogP contribution in [0.4, 0.5) is 39.7 Å². The Balaban J connectivity index is 1.23. The molecule has 0 unspecified atom stereocenters. The van der Waals surface area contributed by atoms with Gasteiger partial charge in [0.25, 0.3) is 0 Å². The molecule has 13 heteroatoms. The van der Waals surface area contributed by atoms with Crippen molar-refractivity contribution in [3.05, 3.63) is 84.7 Å². The second-order valence-electron chi connectivity index (χ2n) is 9.24. The molecule has 4 aromatic rings. The molecule has 0 radical (unpaired) electrons. The van der Waals surface area contributed by atoms with Crippen LogP contribution in [-0.4, -0.2) is 46.3 Å². The molecule has 1 fully saturated rings. The average Bonchev–Trinajstić information content (AvgIpc) is 2.94. The first-order valence-electron chi connectivity index (χ1n) is 12.7. The number of hydrogen-bond acceptors (Lipinski definition) is 7. The lowest BCUT2D eigenvalue weighted by molar-refractivity contribution is -0.137. The Bertz CT molecular complexity index is 1500. The second-order valence-corrected chi connectivity index (χ2v) is 9.24. The number of halogens is 4. The molecule has 9 nitrogen and oxygen atoms in total. The summed E-state index contributed by atoms with van der Waals surface area (Å²) < 4.78 is 58.5. The topological polar surface area (TPSA) is 113 Å². The van der Waals surface area contributed by atoms with Crippen LogP contribution in [0.5, 0.6) is 11.6 Å². The fraction of sp³-hybridized carbons (Fsp3) is 0.214. The van der Waals surface area contributed by atoms with Crippen LogP contribution in [0.15, 0.2) is 79.1 Å². The van der Waals surface area contributed by atoms with Gasteiger partial charge in [-0.15, -0.1) is 0 Å². The van der Waals surface area contributed by atoms with E-state index in [1.807, 2.05) is 0 Å². The van der Waals surface area contributed by atoms with Gasteiger partial charge in [-0.2, -0.15) is 13.2 Å². The number of benzene rings is 2. The standard InChI is InChI=1S/C28H25F4N7O2/c29-18-14-21(16-33-15-18)36-26-35-12-10-24(39-26)23-5-2-11-34-25(23)41-22-8-6-19(7-9-22)37-27(40)38-20-4-1-3-17(13-20)28(30,31)32/h1-13,18,21,33H,14-16H2,(H,35,36,39)(H2,37,38,40)/t18-,21-/m0/s1. The molecule has 0 bridgehead atoms. The summed E-state index contributed by atoms with van der Waals surface area (Å²) >= 11 is 0. The molecule has 212 valence electrons. The third-order valence-corrected chi connectivity index (χ3v) is 6.11. The maximum Gasteiger partial charge on any atom is 0.416 e. The summed E-state index contributed by atoms with van der Waals surface area (Å²) in [6, 6.07) is 15.1. The van der Waals surface area contributed by atoms with Gasteiger partial charge < -0.3 is 26.0 Å². The SMILES string of the molecule is O=C(Nc1ccc(Oc2ncccc2-c2ccnc(N[C@@H]3CNC[C@@H](F)C3)n2)cc1)Nc1cccc(C(F)(F)F)c1. The molecule has 5 rings (SSSR count). The van der Waals surface area contributed by atoms with Crippen molar-refractivity contribution in [1.29, 1.82) is 0 Å². The summed E-state index contributed by atoms with van der Waals surface area (Å²) in [5, 5.41) is 11.1. The molecule has 2 aromatic carbocycles. The summed E-state index contributed by atoms with van der Waals surface area (Å²) in [6.07, 6.45) is -1.93. The van der Waals surface area contributed by atoms with Crippen LogP contribution in [-0.2, 0) is 6.18 Å². The first-order valence-corrected chi connectivity index (χ1v) is 12.7. The monoisotopic (exact) mass is 567 g/mol. The number of amides is 2. The van der Waals surface area contributed by atoms with Crippen LogP contribution >= 0.6 is 0 Å². The third-order valence-electron chi connectivity index (χ3n) is 6.11. The summed E-state index contributed by atoms with van der Waals surface area (Å²) in [6.45, 7) is 0.937. The van der Waals surface area contributed by atoms with E-state index < -0.39 is 23.9 Å². The lowest BCUT2D eigenvalue weighted by atomic mass is 10.1. The van der Waals surface area contributed by atoms with Gasteiger partial charge in [-0.3, -0.25) is 0 Å². The zero-order valence-electron chi connectivity index (χ0n) is 21.5. The Hall–Kier alpha value is -4.78. The van der Waals surface area contributed by atoms with Crippen molar-refractivity contribution in [2.75, 3.05) is 29.0 Å². The van der Waals surface area contributed by atoms with Gasteiger partial charge in [-0.05, 0) is 60.7 Å². The van der Waals surface area contributed by atoms with Crippen LogP contribution in [0.25, 0.3) is 11.3 Å². The zero-order chi connectivity index (χ0) is 28.8. The highest BCUT2D eigenvalue weighted by Gasteiger charge is 2.30. The van der Waals surface area contributed by atoms with Gasteiger partial charge in [0.15, 0.2) is 0 Å². The summed E-state index contributed by atoms with van der Waals surface area (Å²) in [5.74, 6) is 1.06. The van der Waals surface area contributed by atoms with Crippen LogP contribution in [0.2, 0.25) is 0 Å². The van der Waals surface area contributed by atoms with Gasteiger partial charge >= 0.3 is 12.2 Å². The van der Waals surface area contributed by atoms with E-state index in [9.17, 15) is 22.4 Å². The van der Waals surface area contributed by atoms with Crippen molar-refractivity contribution < 1.29 is 27.1 Å². The zero-order valence-corrected chi connectivity index (χ0v) is 21.5. The molecule has 3 heterocycles. The number of alkyl halides is 4. The Morgan fingerprint density at radius 1 is 0.927 bits per heavy atom. The predicted octanol–water partition coefficient (Wildman–Crippen LogP) is 6.11. The number of aromatic nitrogens is 3. The van der Waals surface area contributed by atoms with E-state index in [0.29, 0.717) is 48.2 Å². The second kappa shape index (κ2) is 12.2. The lowest BCUT2D eigenvalue weighted by Gasteiger charge is -2.26. The van der Waals surface area contributed by atoms with Crippen LogP contribution in [0.1, 0.15) is 12.0 Å². The van der Waals surface area contributed by atoms with Crippen molar-refractivity contribution in [1.82, 2.24) is 20.3 Å². The third kappa shape index (κ3) is 7.45. The van der Waals surface area contributed by atoms with Gasteiger partial charge in [0.1, 0.15) is 11.9 Å². The highest BCUT2D eigenvalue weighted by Crippen LogP contribution is 2.32. The van der Waals surface area contributed by atoms with Crippen molar-refractivity contribution in [3.63, 3.8) is 0 Å². The maximum absolute atomic E-state index is 13.7. The summed E-state index contributed by atoms with van der Waals surface area (Å²) in [4.78, 5) is 25.4. The molecular weight excluding hydrogens is 542 g/mol. The van der Waals surface area contributed by atoms with Gasteiger partial charge in [-0.1, -0.05) is 6.07 Å². The number of carbonyl (C=O) groups is 1. The number of nitrogens with zero attached hydrogens (tertiary/aromatic N) is 3. The number of nitrogens with one attached hydrogen (secondary N) is 4. The Labute approximate surface area is 232 Å². The molecule has 0 saturated carbocycles. The molecule has 4 N–H and O–H groups in total. The van der Waals surface area contributed by atoms with Gasteiger partial charge in [0.2, 0.25) is 11.8 Å². The van der Waals surface area contributed by atoms with Crippen molar-refractivity contribution in [3.8, 4) is 22.9 Å². The largest absolute Gasteiger partial charge is 0.438 e. The molecule has 2 aromatic heterocycles. The molecule has 2 amide bonds. The molecule has 1 saturated heterocycles. The fourth-order valence-corrected chi connectivity index (χ4v) is 4.21. The predicted molar refractivity (Wildman–Crippen MR) is 146 cm³/mol. The van der Waals surface area contributed by atoms with Gasteiger partial charge in [-0.25, -0.2) is 24.1 Å². The van der Waals surface area contributed by atoms with Crippen LogP contribution in [0, 0.1) is 0 Å². The average molecular weight is 568 g/mol. The molecule has 2 atom stereocenters. The van der Waals surface area contributed by atoms with Crippen molar-refractivity contribution >= 4 is 23.4 Å². The molecular formula is C28H25F4N7O2. The number of hydrogen-bond donors (Lipinski definition) is 4. The Morgan fingerprint density at radius 2 is 1.73 bits per heavy atom. The maximum atomic E-state index is 13.7. The van der Waals surface area contributed by atoms with E-state index in [2.05, 4.69) is 36.2 Å². The minimum absolute atomic E-state index is 0.00468. The van der Waals surface area contributed by atoms with Gasteiger partial charge in [0, 0.05) is 49.3 Å². The smallest absolute Gasteiger partial charge is 0.416 e. The van der Waals surface area contributed by atoms with Gasteiger partial charge in [0.05, 0.1) is 16.8 Å². The van der Waals surface area contributed by atoms with E-state index in [0.717, 1.165) is 12.1 Å². The van der Waals surface area contributed by atoms with Crippen LogP contribution in [0.3, 0.4) is 0 Å². The molecule has 1 aliphatic rings. The number of anilines is 3. The van der Waals surface area contributed by atoms with E-state index in [1.54, 1.807) is 54.9 Å². The van der Waals surface area contributed by atoms with Crippen molar-refractivity contribution in [2.24, 2.45) is 0 Å². The van der Waals surface area contributed by atoms with Crippen LogP contribution < -0.4 is 26.0 Å². The molecule has 1 aliphatic heterocycles. The summed E-state index contributed by atoms with van der Waals surface area (Å²) in [7, 11) is 0. The molecule has 0 aliphatic carbocycles. The number of rotatable bonds is 7. The Kier molecular flexibility index (Phi) is 8.24. The molecule has 41 heavy (non-hydrogen) atoms. The number of carbonyl (C=O) groups excluding carboxylic acids is 1. The quantitative estimate of drug-likeness (QED) is 0.200. The first kappa shape index (κ1) is 27.8. The number of pyridine rings is 1. The minimum Gasteiger partial charge on any atom is -0.438 e. The number of ether oxygens (including phenoxy) is 1. The van der Waals surface area contributed by atoms with E-state index >= 15 is 0 Å². The van der Waals surface area contributed by atoms with Crippen molar-refractivity contribution in [2.45, 2.75) is 24.8 Å². The van der Waals surface area contributed by atoms with E-state index in [1.165, 1.54) is 12.1 Å². The lowest BCUT2D eigenvalue weighted by Crippen LogP contribution is -2.44. The first-order chi connectivity index (χ1) is 19.7. The molecule has 0 spiro atoms. The number of urea groups is 1. The van der Waals surface area contributed by atoms with E-state index in [4.69, 9.17) is 4.74 Å². The van der Waals surface area contributed by atoms with E-state index in [-0.39, 0.29) is 17.6 Å². The normalized spacial score (nSPS) is 17.0. The summed E-state index contributed by atoms with van der Waals surface area (Å²) in [5.41, 5.74) is 0.686. The Morgan fingerprint density at radius 3 is 2.51 bits per heavy atom. The number of piperidine rings is 1. The highest BCUT2D eigenvalue weighted by molar-refractivity contribution is 5.99. The highest BCUT2D eigenvalue weighted by atomic mass is 19.4. The minimum atomic E-state index is -4.52.